The molecule has 4 aliphatic rings. The van der Waals surface area contributed by atoms with Gasteiger partial charge < -0.3 is 30.2 Å². The second-order valence-corrected chi connectivity index (χ2v) is 15.4. The first-order valence-electron chi connectivity index (χ1n) is 16.9. The summed E-state index contributed by atoms with van der Waals surface area (Å²) in [5.74, 6) is 0.142. The number of anilines is 1. The molecular weight excluding hydrogens is 574 g/mol. The number of carbonyl (C=O) groups excluding carboxylic acids is 1. The van der Waals surface area contributed by atoms with Gasteiger partial charge in [-0.15, -0.1) is 0 Å². The summed E-state index contributed by atoms with van der Waals surface area (Å²) >= 11 is 0. The Hall–Kier alpha value is -2.75. The van der Waals surface area contributed by atoms with Gasteiger partial charge in [-0.2, -0.15) is 0 Å². The number of benzene rings is 1. The molecule has 45 heavy (non-hydrogen) atoms. The molecule has 0 saturated heterocycles. The molecule has 4 saturated carbocycles. The Bertz CT molecular complexity index is 1530. The minimum absolute atomic E-state index is 0.0397. The highest BCUT2D eigenvalue weighted by Crippen LogP contribution is 2.68. The van der Waals surface area contributed by atoms with E-state index in [9.17, 15) is 29.7 Å². The van der Waals surface area contributed by atoms with Crippen molar-refractivity contribution in [3.05, 3.63) is 39.7 Å². The van der Waals surface area contributed by atoms with Crippen molar-refractivity contribution >= 4 is 28.5 Å². The van der Waals surface area contributed by atoms with Crippen LogP contribution in [0.2, 0.25) is 0 Å². The quantitative estimate of drug-likeness (QED) is 0.268. The van der Waals surface area contributed by atoms with Gasteiger partial charge in [0.2, 0.25) is 5.91 Å². The summed E-state index contributed by atoms with van der Waals surface area (Å²) in [6.45, 7) is 8.45. The van der Waals surface area contributed by atoms with Crippen LogP contribution in [0.4, 0.5) is 5.69 Å². The van der Waals surface area contributed by atoms with Crippen molar-refractivity contribution in [2.24, 2.45) is 46.3 Å². The fraction of sp³-hybridized carbons (Fsp3) is 0.694. The Morgan fingerprint density at radius 1 is 1.07 bits per heavy atom. The van der Waals surface area contributed by atoms with E-state index in [1.807, 2.05) is 0 Å². The third-order valence-corrected chi connectivity index (χ3v) is 13.2. The smallest absolute Gasteiger partial charge is 0.340 e. The molecular formula is C36H49NO8. The number of fused-ring (bicyclic) bond motifs is 6. The van der Waals surface area contributed by atoms with Crippen LogP contribution in [0.1, 0.15) is 89.7 Å². The second-order valence-electron chi connectivity index (χ2n) is 15.4. The van der Waals surface area contributed by atoms with Crippen molar-refractivity contribution in [3.8, 4) is 0 Å². The number of aliphatic carboxylic acids is 1. The Labute approximate surface area is 264 Å². The number of carboxylic acids is 1. The maximum atomic E-state index is 13.1. The van der Waals surface area contributed by atoms with E-state index in [4.69, 9.17) is 9.52 Å². The average Bonchev–Trinajstić information content (AvgIpc) is 3.33. The van der Waals surface area contributed by atoms with Crippen molar-refractivity contribution in [2.45, 2.75) is 110 Å². The molecule has 4 aliphatic carbocycles. The van der Waals surface area contributed by atoms with Crippen molar-refractivity contribution < 1.29 is 34.4 Å². The van der Waals surface area contributed by atoms with Crippen LogP contribution in [0.25, 0.3) is 11.0 Å². The van der Waals surface area contributed by atoms with Gasteiger partial charge in [0.25, 0.3) is 0 Å². The zero-order valence-corrected chi connectivity index (χ0v) is 26.9. The number of hydrogen-bond acceptors (Lipinski definition) is 7. The minimum atomic E-state index is -1.10. The first-order chi connectivity index (χ1) is 21.2. The summed E-state index contributed by atoms with van der Waals surface area (Å²) in [6.07, 6.45) is 5.28. The summed E-state index contributed by atoms with van der Waals surface area (Å²) in [5.41, 5.74) is 0.507. The Morgan fingerprint density at radius 2 is 1.82 bits per heavy atom. The summed E-state index contributed by atoms with van der Waals surface area (Å²) in [4.78, 5) is 36.6. The van der Waals surface area contributed by atoms with Gasteiger partial charge in [0, 0.05) is 23.6 Å². The summed E-state index contributed by atoms with van der Waals surface area (Å²) in [7, 11) is 0. The first-order valence-corrected chi connectivity index (χ1v) is 16.9. The number of aryl methyl sites for hydroxylation is 1. The van der Waals surface area contributed by atoms with Crippen LogP contribution in [0.5, 0.6) is 0 Å². The standard InChI is InChI=1S/C36H49NO8/c1-18(5-10-31(41)37-21-6-7-23-19(2)24(16-32(42)43)34(44)45-29(23)15-21)25-8-9-26-33-27(17-30(40)36(25,26)4)35(3)12-11-22(38)13-20(35)14-28(33)39/h6-7,15,18,20,22,25-28,30,33,38-40H,5,8-14,16-17H2,1-4H3,(H,37,41)(H,42,43)/t18-,20+,22-,25-,26+,27+,28-,30+,33?,35+,36?/m1/s1. The molecule has 6 rings (SSSR count). The van der Waals surface area contributed by atoms with Gasteiger partial charge >= 0.3 is 11.6 Å². The lowest BCUT2D eigenvalue weighted by Gasteiger charge is -2.63. The molecule has 2 unspecified atom stereocenters. The van der Waals surface area contributed by atoms with Crippen LogP contribution >= 0.6 is 0 Å². The van der Waals surface area contributed by atoms with Crippen LogP contribution in [0.15, 0.2) is 27.4 Å². The van der Waals surface area contributed by atoms with Crippen molar-refractivity contribution in [1.29, 1.82) is 0 Å². The molecule has 1 aromatic heterocycles. The second kappa shape index (κ2) is 11.8. The monoisotopic (exact) mass is 623 g/mol. The van der Waals surface area contributed by atoms with Crippen LogP contribution in [0, 0.1) is 53.3 Å². The summed E-state index contributed by atoms with van der Waals surface area (Å²) in [6, 6.07) is 5.05. The van der Waals surface area contributed by atoms with E-state index in [0.29, 0.717) is 47.4 Å². The van der Waals surface area contributed by atoms with Gasteiger partial charge in [-0.3, -0.25) is 9.59 Å². The van der Waals surface area contributed by atoms with E-state index in [0.717, 1.165) is 38.5 Å². The van der Waals surface area contributed by atoms with Gasteiger partial charge in [0.1, 0.15) is 5.58 Å². The lowest BCUT2D eigenvalue weighted by atomic mass is 9.43. The number of aliphatic hydroxyl groups excluding tert-OH is 3. The maximum absolute atomic E-state index is 13.1. The predicted molar refractivity (Wildman–Crippen MR) is 170 cm³/mol. The minimum Gasteiger partial charge on any atom is -0.481 e. The average molecular weight is 624 g/mol. The fourth-order valence-corrected chi connectivity index (χ4v) is 10.7. The SMILES string of the molecule is Cc1c(CC(=O)O)c(=O)oc2cc(NC(=O)CC[C@@H](C)[C@H]3CC[C@H]4C5[C@H](O)C[C@@H]6C[C@H](O)CC[C@]6(C)[C@H]5C[C@H](O)C34C)ccc12. The molecule has 1 aromatic carbocycles. The molecule has 4 fully saturated rings. The number of hydrogen-bond donors (Lipinski definition) is 5. The number of nitrogens with one attached hydrogen (secondary N) is 1. The lowest BCUT2D eigenvalue weighted by Crippen LogP contribution is -2.62. The van der Waals surface area contributed by atoms with Crippen molar-refractivity contribution in [1.82, 2.24) is 0 Å². The molecule has 2 aromatic rings. The molecule has 11 atom stereocenters. The van der Waals surface area contributed by atoms with Gasteiger partial charge in [-0.05, 0) is 122 Å². The van der Waals surface area contributed by atoms with E-state index in [1.54, 1.807) is 25.1 Å². The molecule has 5 N–H and O–H groups in total. The zero-order chi connectivity index (χ0) is 32.4. The Kier molecular flexibility index (Phi) is 8.45. The maximum Gasteiger partial charge on any atom is 0.340 e. The lowest BCUT2D eigenvalue weighted by molar-refractivity contribution is -0.207. The van der Waals surface area contributed by atoms with Gasteiger partial charge in [0.15, 0.2) is 0 Å². The topological polar surface area (TPSA) is 157 Å². The number of amides is 1. The molecule has 246 valence electrons. The van der Waals surface area contributed by atoms with Crippen LogP contribution in [-0.4, -0.2) is 50.6 Å². The highest BCUT2D eigenvalue weighted by molar-refractivity contribution is 5.94. The number of carboxylic acid groups (broad SMARTS) is 1. The largest absolute Gasteiger partial charge is 0.481 e. The van der Waals surface area contributed by atoms with Crippen molar-refractivity contribution in [2.75, 3.05) is 5.32 Å². The highest BCUT2D eigenvalue weighted by Gasteiger charge is 2.65. The van der Waals surface area contributed by atoms with Crippen LogP contribution < -0.4 is 10.9 Å². The predicted octanol–water partition coefficient (Wildman–Crippen LogP) is 5.04. The Balaban J connectivity index is 1.12. The molecule has 0 radical (unpaired) electrons. The third kappa shape index (κ3) is 5.42. The molecule has 9 heteroatoms. The van der Waals surface area contributed by atoms with Gasteiger partial charge in [-0.25, -0.2) is 4.79 Å². The molecule has 1 heterocycles. The fourth-order valence-electron chi connectivity index (χ4n) is 10.7. The van der Waals surface area contributed by atoms with Gasteiger partial charge in [0.05, 0.1) is 30.3 Å². The van der Waals surface area contributed by atoms with E-state index in [1.165, 1.54) is 0 Å². The third-order valence-electron chi connectivity index (χ3n) is 13.2. The number of rotatable bonds is 7. The van der Waals surface area contributed by atoms with E-state index in [-0.39, 0.29) is 58.0 Å². The number of carbonyl (C=O) groups is 2. The zero-order valence-electron chi connectivity index (χ0n) is 26.9. The molecule has 9 nitrogen and oxygen atoms in total. The Morgan fingerprint density at radius 3 is 2.56 bits per heavy atom. The van der Waals surface area contributed by atoms with Crippen molar-refractivity contribution in [3.63, 3.8) is 0 Å². The number of aliphatic hydroxyl groups is 3. The normalized spacial score (nSPS) is 38.2. The summed E-state index contributed by atoms with van der Waals surface area (Å²) in [5, 5.41) is 46.4. The van der Waals surface area contributed by atoms with Crippen LogP contribution in [0.3, 0.4) is 0 Å². The van der Waals surface area contributed by atoms with Crippen LogP contribution in [-0.2, 0) is 16.0 Å². The first kappa shape index (κ1) is 32.2. The molecule has 0 spiro atoms. The van der Waals surface area contributed by atoms with E-state index < -0.39 is 30.2 Å². The summed E-state index contributed by atoms with van der Waals surface area (Å²) < 4.78 is 5.40. The molecule has 0 aliphatic heterocycles. The molecule has 1 amide bonds. The van der Waals surface area contributed by atoms with Gasteiger partial charge in [-0.1, -0.05) is 20.8 Å². The van der Waals surface area contributed by atoms with E-state index >= 15 is 0 Å². The molecule has 0 bridgehead atoms. The highest BCUT2D eigenvalue weighted by atomic mass is 16.4. The van der Waals surface area contributed by atoms with E-state index in [2.05, 4.69) is 26.1 Å².